The minimum Gasteiger partial charge on any atom is -0.508 e. The number of benzene rings is 4. The van der Waals surface area contributed by atoms with Gasteiger partial charge >= 0.3 is 6.09 Å². The van der Waals surface area contributed by atoms with Crippen LogP contribution in [0.1, 0.15) is 32.6 Å². The molecule has 0 unspecified atom stereocenters. The van der Waals surface area contributed by atoms with Crippen molar-refractivity contribution in [1.82, 2.24) is 10.3 Å². The van der Waals surface area contributed by atoms with Crippen molar-refractivity contribution in [2.45, 2.75) is 13.2 Å². The zero-order valence-corrected chi connectivity index (χ0v) is 24.1. The van der Waals surface area contributed by atoms with Crippen LogP contribution in [0.5, 0.6) is 17.2 Å². The summed E-state index contributed by atoms with van der Waals surface area (Å²) < 4.78 is 5.12. The number of nitrogen functional groups attached to an aromatic ring is 1. The Labute approximate surface area is 260 Å². The van der Waals surface area contributed by atoms with Gasteiger partial charge in [0.2, 0.25) is 0 Å². The monoisotopic (exact) mass is 604 g/mol. The largest absolute Gasteiger partial charge is 0.508 e. The van der Waals surface area contributed by atoms with Crippen LogP contribution < -0.4 is 16.4 Å². The van der Waals surface area contributed by atoms with Gasteiger partial charge < -0.3 is 36.4 Å². The van der Waals surface area contributed by atoms with E-state index >= 15 is 0 Å². The SMILES string of the molecule is Nc1ccccc1NC(=O)c1ccc(CNC(=O)OCc2cccnc2)cc1.Oc1ccc(/C=C/c2cc(O)cc(O)c2)cc1. The minimum atomic E-state index is -0.523. The number of alkyl carbamates (subject to hydrolysis) is 1. The first-order valence-corrected chi connectivity index (χ1v) is 13.8. The summed E-state index contributed by atoms with van der Waals surface area (Å²) in [6.07, 6.45) is 6.37. The van der Waals surface area contributed by atoms with Crippen molar-refractivity contribution in [3.63, 3.8) is 0 Å². The second-order valence-electron chi connectivity index (χ2n) is 9.74. The number of carbonyl (C=O) groups is 2. The molecule has 0 radical (unpaired) electrons. The van der Waals surface area contributed by atoms with E-state index in [-0.39, 0.29) is 29.8 Å². The van der Waals surface area contributed by atoms with Gasteiger partial charge in [0.25, 0.3) is 5.91 Å². The zero-order valence-electron chi connectivity index (χ0n) is 24.1. The summed E-state index contributed by atoms with van der Waals surface area (Å²) in [4.78, 5) is 28.0. The summed E-state index contributed by atoms with van der Waals surface area (Å²) in [5, 5.41) is 33.2. The van der Waals surface area contributed by atoms with E-state index in [1.807, 2.05) is 12.1 Å². The molecule has 0 saturated carbocycles. The number of anilines is 2. The minimum absolute atomic E-state index is 0.0235. The van der Waals surface area contributed by atoms with E-state index < -0.39 is 6.09 Å². The molecule has 5 aromatic rings. The van der Waals surface area contributed by atoms with Gasteiger partial charge in [-0.15, -0.1) is 0 Å². The highest BCUT2D eigenvalue weighted by Gasteiger charge is 2.09. The number of para-hydroxylation sites is 2. The van der Waals surface area contributed by atoms with Gasteiger partial charge in [0.05, 0.1) is 11.4 Å². The van der Waals surface area contributed by atoms with Gasteiger partial charge in [0.1, 0.15) is 23.9 Å². The molecule has 0 aliphatic heterocycles. The number of ether oxygens (including phenoxy) is 1. The number of nitrogens with two attached hydrogens (primary N) is 1. The standard InChI is InChI=1S/C21H20N4O3.C14H12O3/c22-18-5-1-2-6-19(18)25-20(26)17-9-7-15(8-10-17)13-24-21(27)28-14-16-4-3-11-23-12-16;15-12-5-3-10(4-6-12)1-2-11-7-13(16)9-14(17)8-11/h1-12H,13-14,22H2,(H,24,27)(H,25,26);1-9,15-17H/b;2-1+. The van der Waals surface area contributed by atoms with E-state index in [0.29, 0.717) is 29.0 Å². The normalized spacial score (nSPS) is 10.4. The molecule has 7 N–H and O–H groups in total. The third-order valence-electron chi connectivity index (χ3n) is 6.24. The maximum Gasteiger partial charge on any atom is 0.407 e. The van der Waals surface area contributed by atoms with E-state index in [1.165, 1.54) is 6.07 Å². The van der Waals surface area contributed by atoms with Crippen molar-refractivity contribution >= 4 is 35.5 Å². The molecule has 0 fully saturated rings. The van der Waals surface area contributed by atoms with Crippen molar-refractivity contribution in [3.05, 3.63) is 143 Å². The molecule has 1 heterocycles. The fourth-order valence-electron chi connectivity index (χ4n) is 3.93. The Morgan fingerprint density at radius 3 is 2.11 bits per heavy atom. The lowest BCUT2D eigenvalue weighted by Gasteiger charge is -2.09. The molecule has 5 rings (SSSR count). The first-order valence-electron chi connectivity index (χ1n) is 13.8. The number of rotatable bonds is 8. The lowest BCUT2D eigenvalue weighted by atomic mass is 10.1. The number of phenolic OH excluding ortho intramolecular Hbond substituents is 3. The van der Waals surface area contributed by atoms with Gasteiger partial charge in [-0.2, -0.15) is 0 Å². The Morgan fingerprint density at radius 2 is 1.44 bits per heavy atom. The van der Waals surface area contributed by atoms with Gasteiger partial charge in [-0.05, 0) is 71.3 Å². The second-order valence-corrected chi connectivity index (χ2v) is 9.74. The van der Waals surface area contributed by atoms with Crippen LogP contribution in [0.4, 0.5) is 16.2 Å². The molecule has 0 aliphatic carbocycles. The quantitative estimate of drug-likeness (QED) is 0.0884. The van der Waals surface area contributed by atoms with E-state index in [9.17, 15) is 19.8 Å². The first-order chi connectivity index (χ1) is 21.7. The lowest BCUT2D eigenvalue weighted by Crippen LogP contribution is -2.23. The van der Waals surface area contributed by atoms with Crippen molar-refractivity contribution in [2.24, 2.45) is 0 Å². The molecule has 10 heteroatoms. The zero-order chi connectivity index (χ0) is 32.0. The van der Waals surface area contributed by atoms with Crippen LogP contribution >= 0.6 is 0 Å². The molecule has 228 valence electrons. The van der Waals surface area contributed by atoms with Gasteiger partial charge in [-0.3, -0.25) is 9.78 Å². The molecule has 0 spiro atoms. The number of aromatic hydroxyl groups is 3. The van der Waals surface area contributed by atoms with E-state index in [2.05, 4.69) is 15.6 Å². The molecule has 4 aromatic carbocycles. The average molecular weight is 605 g/mol. The van der Waals surface area contributed by atoms with Gasteiger partial charge in [-0.1, -0.05) is 54.6 Å². The average Bonchev–Trinajstić information content (AvgIpc) is 3.04. The molecule has 10 nitrogen and oxygen atoms in total. The molecule has 0 aliphatic rings. The van der Waals surface area contributed by atoms with Crippen molar-refractivity contribution in [1.29, 1.82) is 0 Å². The maximum absolute atomic E-state index is 12.3. The third-order valence-corrected chi connectivity index (χ3v) is 6.24. The lowest BCUT2D eigenvalue weighted by molar-refractivity contribution is 0.102. The fourth-order valence-corrected chi connectivity index (χ4v) is 3.93. The number of nitrogens with zero attached hydrogens (tertiary/aromatic N) is 1. The van der Waals surface area contributed by atoms with Crippen molar-refractivity contribution in [2.75, 3.05) is 11.1 Å². The highest BCUT2D eigenvalue weighted by Crippen LogP contribution is 2.22. The van der Waals surface area contributed by atoms with E-state index in [0.717, 1.165) is 16.7 Å². The summed E-state index contributed by atoms with van der Waals surface area (Å²) in [5.74, 6) is 0.0103. The van der Waals surface area contributed by atoms with Crippen LogP contribution in [-0.4, -0.2) is 32.3 Å². The number of hydrogen-bond acceptors (Lipinski definition) is 8. The van der Waals surface area contributed by atoms with Crippen LogP contribution in [0, 0.1) is 0 Å². The predicted octanol–water partition coefficient (Wildman–Crippen LogP) is 6.32. The van der Waals surface area contributed by atoms with Gasteiger partial charge in [0.15, 0.2) is 0 Å². The Kier molecular flexibility index (Phi) is 11.1. The highest BCUT2D eigenvalue weighted by atomic mass is 16.5. The van der Waals surface area contributed by atoms with E-state index in [1.54, 1.807) is 109 Å². The highest BCUT2D eigenvalue weighted by molar-refractivity contribution is 6.05. The molecular formula is C35H32N4O6. The number of aromatic nitrogens is 1. The molecule has 45 heavy (non-hydrogen) atoms. The van der Waals surface area contributed by atoms with Crippen LogP contribution in [0.15, 0.2) is 116 Å². The third kappa shape index (κ3) is 10.5. The Balaban J connectivity index is 0.000000231. The van der Waals surface area contributed by atoms with Crippen LogP contribution in [0.25, 0.3) is 12.2 Å². The number of carbonyl (C=O) groups excluding carboxylic acids is 2. The topological polar surface area (TPSA) is 167 Å². The molecule has 1 aromatic heterocycles. The number of phenols is 3. The summed E-state index contributed by atoms with van der Waals surface area (Å²) in [5.41, 5.74) is 10.7. The Hall–Kier alpha value is -6.29. The molecule has 0 bridgehead atoms. The van der Waals surface area contributed by atoms with Crippen molar-refractivity contribution < 1.29 is 29.6 Å². The summed E-state index contributed by atoms with van der Waals surface area (Å²) in [6.45, 7) is 0.445. The summed E-state index contributed by atoms with van der Waals surface area (Å²) in [6, 6.07) is 28.7. The van der Waals surface area contributed by atoms with Gasteiger partial charge in [-0.25, -0.2) is 4.79 Å². The van der Waals surface area contributed by atoms with Gasteiger partial charge in [0, 0.05) is 36.1 Å². The Bertz CT molecular complexity index is 1720. The maximum atomic E-state index is 12.3. The fraction of sp³-hybridized carbons (Fsp3) is 0.0571. The smallest absolute Gasteiger partial charge is 0.407 e. The number of pyridine rings is 1. The molecule has 0 saturated heterocycles. The van der Waals surface area contributed by atoms with Crippen LogP contribution in [0.3, 0.4) is 0 Å². The van der Waals surface area contributed by atoms with E-state index in [4.69, 9.17) is 15.6 Å². The predicted molar refractivity (Wildman–Crippen MR) is 173 cm³/mol. The second kappa shape index (κ2) is 15.8. The molecule has 0 atom stereocenters. The number of nitrogens with one attached hydrogen (secondary N) is 2. The summed E-state index contributed by atoms with van der Waals surface area (Å²) in [7, 11) is 0. The molecule has 2 amide bonds. The molecular weight excluding hydrogens is 572 g/mol. The van der Waals surface area contributed by atoms with Crippen LogP contribution in [0.2, 0.25) is 0 Å². The van der Waals surface area contributed by atoms with Crippen molar-refractivity contribution in [3.8, 4) is 17.2 Å². The number of hydrogen-bond donors (Lipinski definition) is 6. The Morgan fingerprint density at radius 1 is 0.756 bits per heavy atom. The van der Waals surface area contributed by atoms with Crippen LogP contribution in [-0.2, 0) is 17.9 Å². The summed E-state index contributed by atoms with van der Waals surface area (Å²) >= 11 is 0. The first kappa shape index (κ1) is 31.6. The number of amides is 2.